The smallest absolute Gasteiger partial charge is 0.255 e. The fourth-order valence-electron chi connectivity index (χ4n) is 4.02. The molecule has 2 N–H and O–H groups in total. The Morgan fingerprint density at radius 3 is 2.44 bits per heavy atom. The van der Waals surface area contributed by atoms with Crippen molar-refractivity contribution in [3.8, 4) is 5.75 Å². The van der Waals surface area contributed by atoms with Gasteiger partial charge in [-0.3, -0.25) is 9.59 Å². The average Bonchev–Trinajstić information content (AvgIpc) is 3.21. The number of nitrogens with one attached hydrogen (secondary N) is 2. The number of thiazole rings is 1. The van der Waals surface area contributed by atoms with E-state index in [-0.39, 0.29) is 11.8 Å². The van der Waals surface area contributed by atoms with E-state index in [2.05, 4.69) is 27.8 Å². The summed E-state index contributed by atoms with van der Waals surface area (Å²) in [5.74, 6) is 0.484. The molecule has 4 rings (SSSR count). The van der Waals surface area contributed by atoms with E-state index in [0.29, 0.717) is 23.5 Å². The minimum atomic E-state index is -0.173. The van der Waals surface area contributed by atoms with E-state index in [1.807, 2.05) is 51.1 Å². The second kappa shape index (κ2) is 10.1. The normalized spacial score (nSPS) is 10.8. The first-order chi connectivity index (χ1) is 16.3. The van der Waals surface area contributed by atoms with Crippen molar-refractivity contribution in [1.29, 1.82) is 0 Å². The molecule has 0 fully saturated rings. The lowest BCUT2D eigenvalue weighted by molar-refractivity contribution is -0.116. The van der Waals surface area contributed by atoms with Gasteiger partial charge in [0, 0.05) is 17.7 Å². The Morgan fingerprint density at radius 1 is 0.971 bits per heavy atom. The van der Waals surface area contributed by atoms with Crippen LogP contribution in [0.25, 0.3) is 10.2 Å². The van der Waals surface area contributed by atoms with E-state index in [0.717, 1.165) is 43.9 Å². The first-order valence-electron chi connectivity index (χ1n) is 11.1. The molecule has 0 aliphatic rings. The number of hydrogen-bond acceptors (Lipinski definition) is 5. The lowest BCUT2D eigenvalue weighted by atomic mass is 10.0. The number of carbonyl (C=O) groups is 2. The van der Waals surface area contributed by atoms with Crippen LogP contribution in [-0.4, -0.2) is 23.9 Å². The third-order valence-electron chi connectivity index (χ3n) is 5.63. The van der Waals surface area contributed by atoms with E-state index in [1.165, 1.54) is 11.3 Å². The van der Waals surface area contributed by atoms with E-state index in [4.69, 9.17) is 4.74 Å². The molecular formula is C27H27N3O3S. The van der Waals surface area contributed by atoms with Crippen molar-refractivity contribution in [3.63, 3.8) is 0 Å². The van der Waals surface area contributed by atoms with Gasteiger partial charge < -0.3 is 15.4 Å². The molecule has 0 saturated heterocycles. The molecule has 0 spiro atoms. The van der Waals surface area contributed by atoms with Gasteiger partial charge in [-0.25, -0.2) is 4.98 Å². The number of methoxy groups -OCH3 is 1. The highest BCUT2D eigenvalue weighted by molar-refractivity contribution is 7.22. The number of ether oxygens (including phenoxy) is 1. The number of amides is 2. The molecule has 0 aliphatic carbocycles. The fraction of sp³-hybridized carbons (Fsp3) is 0.222. The second-order valence-electron chi connectivity index (χ2n) is 8.29. The van der Waals surface area contributed by atoms with Crippen LogP contribution in [0.15, 0.2) is 54.6 Å². The molecule has 0 bridgehead atoms. The SMILES string of the molecule is COc1ccccc1CCC(=O)Nc1nc2ccc(C(=O)Nc3c(C)cc(C)cc3C)cc2s1. The van der Waals surface area contributed by atoms with Gasteiger partial charge >= 0.3 is 0 Å². The summed E-state index contributed by atoms with van der Waals surface area (Å²) in [6.45, 7) is 6.02. The molecule has 0 atom stereocenters. The number of anilines is 2. The zero-order valence-corrected chi connectivity index (χ0v) is 20.5. The first-order valence-corrected chi connectivity index (χ1v) is 11.9. The van der Waals surface area contributed by atoms with Crippen molar-refractivity contribution in [1.82, 2.24) is 4.98 Å². The van der Waals surface area contributed by atoms with Crippen molar-refractivity contribution in [2.45, 2.75) is 33.6 Å². The molecule has 3 aromatic carbocycles. The number of aryl methyl sites for hydroxylation is 4. The third kappa shape index (κ3) is 5.26. The standard InChI is InChI=1S/C27H27N3O3S/c1-16-13-17(2)25(18(3)14-16)30-26(32)20-9-11-21-23(15-20)34-27(28-21)29-24(31)12-10-19-7-5-6-8-22(19)33-4/h5-9,11,13-15H,10,12H2,1-4H3,(H,30,32)(H,28,29,31). The van der Waals surface area contributed by atoms with Crippen molar-refractivity contribution < 1.29 is 14.3 Å². The molecule has 174 valence electrons. The zero-order chi connectivity index (χ0) is 24.2. The Labute approximate surface area is 203 Å². The predicted molar refractivity (Wildman–Crippen MR) is 138 cm³/mol. The summed E-state index contributed by atoms with van der Waals surface area (Å²) in [6.07, 6.45) is 0.891. The largest absolute Gasteiger partial charge is 0.496 e. The van der Waals surface area contributed by atoms with Gasteiger partial charge in [-0.05, 0) is 68.1 Å². The first kappa shape index (κ1) is 23.4. The van der Waals surface area contributed by atoms with Gasteiger partial charge in [0.05, 0.1) is 17.3 Å². The summed E-state index contributed by atoms with van der Waals surface area (Å²) in [5.41, 5.74) is 6.33. The number of benzene rings is 3. The molecule has 0 radical (unpaired) electrons. The van der Waals surface area contributed by atoms with Gasteiger partial charge in [-0.2, -0.15) is 0 Å². The highest BCUT2D eigenvalue weighted by Gasteiger charge is 2.14. The number of nitrogens with zero attached hydrogens (tertiary/aromatic N) is 1. The summed E-state index contributed by atoms with van der Waals surface area (Å²) >= 11 is 1.35. The molecule has 7 heteroatoms. The zero-order valence-electron chi connectivity index (χ0n) is 19.7. The number of carbonyl (C=O) groups excluding carboxylic acids is 2. The number of para-hydroxylation sites is 1. The molecule has 2 amide bonds. The molecule has 0 unspecified atom stereocenters. The molecule has 0 saturated carbocycles. The minimum absolute atomic E-state index is 0.117. The van der Waals surface area contributed by atoms with Crippen molar-refractivity contribution in [2.75, 3.05) is 17.7 Å². The lowest BCUT2D eigenvalue weighted by Gasteiger charge is -2.12. The van der Waals surface area contributed by atoms with Crippen LogP contribution in [0, 0.1) is 20.8 Å². The van der Waals surface area contributed by atoms with Gasteiger partial charge in [0.15, 0.2) is 5.13 Å². The Morgan fingerprint density at radius 2 is 1.71 bits per heavy atom. The Bertz CT molecular complexity index is 1350. The summed E-state index contributed by atoms with van der Waals surface area (Å²) in [5, 5.41) is 6.42. The van der Waals surface area contributed by atoms with Crippen LogP contribution in [0.5, 0.6) is 5.75 Å². The van der Waals surface area contributed by atoms with Crippen LogP contribution < -0.4 is 15.4 Å². The maximum absolute atomic E-state index is 12.9. The lowest BCUT2D eigenvalue weighted by Crippen LogP contribution is -2.13. The quantitative estimate of drug-likeness (QED) is 0.342. The maximum atomic E-state index is 12.9. The number of hydrogen-bond donors (Lipinski definition) is 2. The van der Waals surface area contributed by atoms with Crippen LogP contribution in [0.3, 0.4) is 0 Å². The van der Waals surface area contributed by atoms with Crippen LogP contribution in [0.2, 0.25) is 0 Å². The predicted octanol–water partition coefficient (Wildman–Crippen LogP) is 6.05. The summed E-state index contributed by atoms with van der Waals surface area (Å²) in [6, 6.07) is 17.1. The Kier molecular flexibility index (Phi) is 6.93. The van der Waals surface area contributed by atoms with E-state index in [1.54, 1.807) is 19.2 Å². The van der Waals surface area contributed by atoms with Crippen LogP contribution in [-0.2, 0) is 11.2 Å². The highest BCUT2D eigenvalue weighted by atomic mass is 32.1. The van der Waals surface area contributed by atoms with Gasteiger partial charge in [0.25, 0.3) is 5.91 Å². The molecular weight excluding hydrogens is 446 g/mol. The van der Waals surface area contributed by atoms with Crippen LogP contribution in [0.1, 0.15) is 39.0 Å². The van der Waals surface area contributed by atoms with E-state index < -0.39 is 0 Å². The second-order valence-corrected chi connectivity index (χ2v) is 9.32. The molecule has 4 aromatic rings. The molecule has 0 aliphatic heterocycles. The number of fused-ring (bicyclic) bond motifs is 1. The van der Waals surface area contributed by atoms with E-state index >= 15 is 0 Å². The Hall–Kier alpha value is -3.71. The monoisotopic (exact) mass is 473 g/mol. The van der Waals surface area contributed by atoms with Crippen LogP contribution >= 0.6 is 11.3 Å². The van der Waals surface area contributed by atoms with Crippen molar-refractivity contribution in [2.24, 2.45) is 0 Å². The van der Waals surface area contributed by atoms with Crippen molar-refractivity contribution in [3.05, 3.63) is 82.4 Å². The minimum Gasteiger partial charge on any atom is -0.496 e. The highest BCUT2D eigenvalue weighted by Crippen LogP contribution is 2.28. The van der Waals surface area contributed by atoms with Crippen LogP contribution in [0.4, 0.5) is 10.8 Å². The van der Waals surface area contributed by atoms with Gasteiger partial charge in [0.2, 0.25) is 5.91 Å². The van der Waals surface area contributed by atoms with Crippen molar-refractivity contribution >= 4 is 44.2 Å². The van der Waals surface area contributed by atoms with E-state index in [9.17, 15) is 9.59 Å². The van der Waals surface area contributed by atoms with Gasteiger partial charge in [0.1, 0.15) is 5.75 Å². The molecule has 34 heavy (non-hydrogen) atoms. The maximum Gasteiger partial charge on any atom is 0.255 e. The third-order valence-corrected chi connectivity index (χ3v) is 6.56. The Balaban J connectivity index is 1.43. The molecule has 1 aromatic heterocycles. The average molecular weight is 474 g/mol. The fourth-order valence-corrected chi connectivity index (χ4v) is 4.94. The number of rotatable bonds is 7. The summed E-state index contributed by atoms with van der Waals surface area (Å²) in [7, 11) is 1.62. The van der Waals surface area contributed by atoms with Gasteiger partial charge in [-0.1, -0.05) is 47.2 Å². The topological polar surface area (TPSA) is 80.3 Å². The molecule has 1 heterocycles. The summed E-state index contributed by atoms with van der Waals surface area (Å²) < 4.78 is 6.19. The van der Waals surface area contributed by atoms with Gasteiger partial charge in [-0.15, -0.1) is 0 Å². The molecule has 6 nitrogen and oxygen atoms in total. The summed E-state index contributed by atoms with van der Waals surface area (Å²) in [4.78, 5) is 29.9. The number of aromatic nitrogens is 1.